The monoisotopic (exact) mass is 322 g/mol. The van der Waals surface area contributed by atoms with Crippen LogP contribution in [0, 0.1) is 0 Å². The second kappa shape index (κ2) is 7.59. The summed E-state index contributed by atoms with van der Waals surface area (Å²) in [5, 5.41) is 3.01. The van der Waals surface area contributed by atoms with E-state index in [1.165, 1.54) is 0 Å². The Hall–Kier alpha value is -1.36. The van der Waals surface area contributed by atoms with Gasteiger partial charge in [0.05, 0.1) is 16.9 Å². The minimum atomic E-state index is 0.0169. The first kappa shape index (κ1) is 16.0. The molecule has 1 N–H and O–H groups in total. The molecule has 2 aromatic rings. The number of halogens is 1. The van der Waals surface area contributed by atoms with Crippen LogP contribution in [0.1, 0.15) is 23.4 Å². The van der Waals surface area contributed by atoms with E-state index in [2.05, 4.69) is 5.32 Å². The van der Waals surface area contributed by atoms with Gasteiger partial charge < -0.3 is 5.32 Å². The Morgan fingerprint density at radius 1 is 1.29 bits per heavy atom. The predicted octanol–water partition coefficient (Wildman–Crippen LogP) is 3.71. The van der Waals surface area contributed by atoms with Crippen molar-refractivity contribution in [2.24, 2.45) is 0 Å². The van der Waals surface area contributed by atoms with Gasteiger partial charge in [0.15, 0.2) is 0 Å². The Labute approximate surface area is 134 Å². The summed E-state index contributed by atoms with van der Waals surface area (Å²) < 4.78 is 0.778. The normalized spacial score (nSPS) is 12.4. The second-order valence-electron chi connectivity index (χ2n) is 5.08. The second-order valence-corrected chi connectivity index (χ2v) is 6.88. The molecule has 0 aliphatic rings. The Kier molecular flexibility index (Phi) is 5.79. The number of carbonyl (C=O) groups excluding carboxylic acids is 1. The first-order valence-corrected chi connectivity index (χ1v) is 8.01. The van der Waals surface area contributed by atoms with E-state index in [0.29, 0.717) is 6.54 Å². The minimum Gasteiger partial charge on any atom is -0.348 e. The standard InChI is InChI=1S/C16H19ClN2OS/c1-12(13-6-4-3-5-7-13)18-16(20)11-19(2)10-14-8-9-15(17)21-14/h3-9,12H,10-11H2,1-2H3,(H,18,20). The first-order chi connectivity index (χ1) is 10.0. The molecule has 0 aliphatic heterocycles. The molecule has 1 aromatic heterocycles. The number of amides is 1. The molecular formula is C16H19ClN2OS. The summed E-state index contributed by atoms with van der Waals surface area (Å²) in [4.78, 5) is 15.2. The van der Waals surface area contributed by atoms with Crippen molar-refractivity contribution >= 4 is 28.8 Å². The molecule has 1 atom stereocenters. The van der Waals surface area contributed by atoms with Crippen LogP contribution in [0.3, 0.4) is 0 Å². The summed E-state index contributed by atoms with van der Waals surface area (Å²) in [6.07, 6.45) is 0. The van der Waals surface area contributed by atoms with Crippen molar-refractivity contribution in [3.05, 3.63) is 57.2 Å². The van der Waals surface area contributed by atoms with Crippen LogP contribution in [0.25, 0.3) is 0 Å². The molecule has 0 aliphatic carbocycles. The van der Waals surface area contributed by atoms with Crippen molar-refractivity contribution in [1.29, 1.82) is 0 Å². The van der Waals surface area contributed by atoms with Crippen LogP contribution in [0.5, 0.6) is 0 Å². The molecule has 0 fully saturated rings. The van der Waals surface area contributed by atoms with Gasteiger partial charge in [0.25, 0.3) is 0 Å². The van der Waals surface area contributed by atoms with Crippen LogP contribution >= 0.6 is 22.9 Å². The molecule has 1 amide bonds. The smallest absolute Gasteiger partial charge is 0.234 e. The van der Waals surface area contributed by atoms with Crippen molar-refractivity contribution in [3.63, 3.8) is 0 Å². The summed E-state index contributed by atoms with van der Waals surface area (Å²) >= 11 is 7.45. The highest BCUT2D eigenvalue weighted by atomic mass is 35.5. The summed E-state index contributed by atoms with van der Waals surface area (Å²) in [5.74, 6) is 0.0245. The van der Waals surface area contributed by atoms with Crippen LogP contribution in [-0.4, -0.2) is 24.4 Å². The third-order valence-corrected chi connectivity index (χ3v) is 4.36. The fourth-order valence-electron chi connectivity index (χ4n) is 2.12. The SMILES string of the molecule is CC(NC(=O)CN(C)Cc1ccc(Cl)s1)c1ccccc1. The lowest BCUT2D eigenvalue weighted by atomic mass is 10.1. The largest absolute Gasteiger partial charge is 0.348 e. The molecule has 0 bridgehead atoms. The molecule has 0 saturated heterocycles. The van der Waals surface area contributed by atoms with Gasteiger partial charge in [-0.05, 0) is 31.7 Å². The Balaban J connectivity index is 1.81. The average Bonchev–Trinajstić information content (AvgIpc) is 2.84. The number of likely N-dealkylation sites (N-methyl/N-ethyl adjacent to an activating group) is 1. The highest BCUT2D eigenvalue weighted by molar-refractivity contribution is 7.16. The molecule has 5 heteroatoms. The molecule has 0 radical (unpaired) electrons. The number of hydrogen-bond acceptors (Lipinski definition) is 3. The van der Waals surface area contributed by atoms with Crippen molar-refractivity contribution in [2.45, 2.75) is 19.5 Å². The summed E-state index contributed by atoms with van der Waals surface area (Å²) in [7, 11) is 1.93. The number of nitrogens with zero attached hydrogens (tertiary/aromatic N) is 1. The van der Waals surface area contributed by atoms with E-state index in [1.54, 1.807) is 11.3 Å². The maximum Gasteiger partial charge on any atom is 0.234 e. The molecule has 3 nitrogen and oxygen atoms in total. The number of benzene rings is 1. The van der Waals surface area contributed by atoms with Crippen molar-refractivity contribution < 1.29 is 4.79 Å². The molecular weight excluding hydrogens is 304 g/mol. The summed E-state index contributed by atoms with van der Waals surface area (Å²) in [6, 6.07) is 13.8. The predicted molar refractivity (Wildman–Crippen MR) is 88.7 cm³/mol. The van der Waals surface area contributed by atoms with E-state index in [1.807, 2.05) is 61.3 Å². The zero-order valence-electron chi connectivity index (χ0n) is 12.2. The fourth-order valence-corrected chi connectivity index (χ4v) is 3.28. The molecule has 21 heavy (non-hydrogen) atoms. The van der Waals surface area contributed by atoms with Crippen LogP contribution in [0.15, 0.2) is 42.5 Å². The highest BCUT2D eigenvalue weighted by Gasteiger charge is 2.12. The molecule has 0 saturated carbocycles. The topological polar surface area (TPSA) is 32.3 Å². The molecule has 1 aromatic carbocycles. The van der Waals surface area contributed by atoms with E-state index < -0.39 is 0 Å². The number of carbonyl (C=O) groups is 1. The van der Waals surface area contributed by atoms with Crippen molar-refractivity contribution in [3.8, 4) is 0 Å². The molecule has 0 spiro atoms. The molecule has 1 heterocycles. The van der Waals surface area contributed by atoms with Crippen LogP contribution < -0.4 is 5.32 Å². The Morgan fingerprint density at radius 2 is 2.00 bits per heavy atom. The van der Waals surface area contributed by atoms with Gasteiger partial charge in [0, 0.05) is 11.4 Å². The third-order valence-electron chi connectivity index (χ3n) is 3.15. The number of hydrogen-bond donors (Lipinski definition) is 1. The quantitative estimate of drug-likeness (QED) is 0.879. The van der Waals surface area contributed by atoms with E-state index >= 15 is 0 Å². The van der Waals surface area contributed by atoms with Gasteiger partial charge in [-0.3, -0.25) is 9.69 Å². The van der Waals surface area contributed by atoms with Gasteiger partial charge in [-0.15, -0.1) is 11.3 Å². The molecule has 2 rings (SSSR count). The van der Waals surface area contributed by atoms with Gasteiger partial charge in [-0.25, -0.2) is 0 Å². The van der Waals surface area contributed by atoms with Gasteiger partial charge >= 0.3 is 0 Å². The molecule has 1 unspecified atom stereocenters. The Bertz CT molecular complexity index is 585. The zero-order valence-corrected chi connectivity index (χ0v) is 13.7. The lowest BCUT2D eigenvalue weighted by Gasteiger charge is -2.18. The van der Waals surface area contributed by atoms with Crippen molar-refractivity contribution in [2.75, 3.05) is 13.6 Å². The average molecular weight is 323 g/mol. The number of rotatable bonds is 6. The maximum atomic E-state index is 12.1. The van der Waals surface area contributed by atoms with Gasteiger partial charge in [-0.2, -0.15) is 0 Å². The summed E-state index contributed by atoms with van der Waals surface area (Å²) in [5.41, 5.74) is 1.11. The lowest BCUT2D eigenvalue weighted by molar-refractivity contribution is -0.122. The summed E-state index contributed by atoms with van der Waals surface area (Å²) in [6.45, 7) is 3.09. The van der Waals surface area contributed by atoms with Crippen LogP contribution in [0.2, 0.25) is 4.34 Å². The first-order valence-electron chi connectivity index (χ1n) is 6.81. The maximum absolute atomic E-state index is 12.1. The third kappa shape index (κ3) is 5.16. The van der Waals surface area contributed by atoms with E-state index in [9.17, 15) is 4.79 Å². The van der Waals surface area contributed by atoms with Crippen molar-refractivity contribution in [1.82, 2.24) is 10.2 Å². The number of nitrogens with one attached hydrogen (secondary N) is 1. The minimum absolute atomic E-state index is 0.0169. The van der Waals surface area contributed by atoms with E-state index in [4.69, 9.17) is 11.6 Å². The van der Waals surface area contributed by atoms with Crippen LogP contribution in [0.4, 0.5) is 0 Å². The molecule has 112 valence electrons. The fraction of sp³-hybridized carbons (Fsp3) is 0.312. The van der Waals surface area contributed by atoms with Crippen LogP contribution in [-0.2, 0) is 11.3 Å². The van der Waals surface area contributed by atoms with E-state index in [0.717, 1.165) is 21.3 Å². The van der Waals surface area contributed by atoms with E-state index in [-0.39, 0.29) is 11.9 Å². The van der Waals surface area contributed by atoms with Gasteiger partial charge in [0.2, 0.25) is 5.91 Å². The Morgan fingerprint density at radius 3 is 2.62 bits per heavy atom. The highest BCUT2D eigenvalue weighted by Crippen LogP contribution is 2.22. The lowest BCUT2D eigenvalue weighted by Crippen LogP contribution is -2.36. The van der Waals surface area contributed by atoms with Gasteiger partial charge in [-0.1, -0.05) is 41.9 Å². The number of thiophene rings is 1. The zero-order chi connectivity index (χ0) is 15.2. The van der Waals surface area contributed by atoms with Gasteiger partial charge in [0.1, 0.15) is 0 Å².